The van der Waals surface area contributed by atoms with Gasteiger partial charge in [-0.1, -0.05) is 48.5 Å². The van der Waals surface area contributed by atoms with E-state index >= 15 is 0 Å². The molecule has 4 heteroatoms. The van der Waals surface area contributed by atoms with Crippen molar-refractivity contribution in [3.8, 4) is 16.9 Å². The van der Waals surface area contributed by atoms with Gasteiger partial charge in [0.25, 0.3) is 0 Å². The summed E-state index contributed by atoms with van der Waals surface area (Å²) in [6.45, 7) is 4.82. The van der Waals surface area contributed by atoms with Gasteiger partial charge in [-0.25, -0.2) is 0 Å². The van der Waals surface area contributed by atoms with Gasteiger partial charge in [-0.05, 0) is 29.3 Å². The van der Waals surface area contributed by atoms with Gasteiger partial charge < -0.3 is 4.84 Å². The first-order chi connectivity index (χ1) is 12.9. The summed E-state index contributed by atoms with van der Waals surface area (Å²) in [5, 5.41) is 2.07. The molecule has 1 aliphatic rings. The topological polar surface area (TPSA) is 28.6 Å². The van der Waals surface area contributed by atoms with Crippen molar-refractivity contribution < 1.29 is 4.84 Å². The summed E-state index contributed by atoms with van der Waals surface area (Å²) in [6, 6.07) is 22.9. The minimum atomic E-state index is 0.898. The Bertz CT molecular complexity index is 815. The van der Waals surface area contributed by atoms with Crippen LogP contribution in [0.5, 0.6) is 5.75 Å². The second kappa shape index (κ2) is 8.13. The minimum absolute atomic E-state index is 0.898. The molecule has 4 nitrogen and oxygen atoms in total. The lowest BCUT2D eigenvalue weighted by atomic mass is 10.1. The van der Waals surface area contributed by atoms with E-state index in [1.807, 2.05) is 42.7 Å². The second-order valence-corrected chi connectivity index (χ2v) is 6.51. The van der Waals surface area contributed by atoms with Crippen LogP contribution >= 0.6 is 0 Å². The summed E-state index contributed by atoms with van der Waals surface area (Å²) >= 11 is 0. The summed E-state index contributed by atoms with van der Waals surface area (Å²) in [4.78, 5) is 12.8. The fourth-order valence-corrected chi connectivity index (χ4v) is 3.28. The number of aromatic nitrogens is 1. The van der Waals surface area contributed by atoms with E-state index in [-0.39, 0.29) is 0 Å². The minimum Gasteiger partial charge on any atom is -0.405 e. The molecule has 1 aromatic heterocycles. The number of para-hydroxylation sites is 1. The molecule has 1 fully saturated rings. The van der Waals surface area contributed by atoms with E-state index in [9.17, 15) is 0 Å². The molecule has 26 heavy (non-hydrogen) atoms. The molecule has 0 saturated carbocycles. The number of hydrogen-bond donors (Lipinski definition) is 0. The summed E-state index contributed by atoms with van der Waals surface area (Å²) in [7, 11) is 0. The Kier molecular flexibility index (Phi) is 5.24. The normalized spacial score (nSPS) is 15.7. The molecule has 0 spiro atoms. The molecule has 0 radical (unpaired) electrons. The van der Waals surface area contributed by atoms with Crippen LogP contribution in [0.4, 0.5) is 0 Å². The van der Waals surface area contributed by atoms with Crippen LogP contribution in [0.25, 0.3) is 11.1 Å². The van der Waals surface area contributed by atoms with Crippen LogP contribution in [0, 0.1) is 0 Å². The Labute approximate surface area is 154 Å². The van der Waals surface area contributed by atoms with Gasteiger partial charge in [-0.3, -0.25) is 9.88 Å². The number of benzene rings is 2. The lowest BCUT2D eigenvalue weighted by Gasteiger charge is -2.34. The van der Waals surface area contributed by atoms with Gasteiger partial charge in [0.2, 0.25) is 0 Å². The van der Waals surface area contributed by atoms with Gasteiger partial charge in [0.15, 0.2) is 5.75 Å². The van der Waals surface area contributed by atoms with Gasteiger partial charge in [0.1, 0.15) is 0 Å². The molecule has 0 atom stereocenters. The van der Waals surface area contributed by atoms with Gasteiger partial charge in [0, 0.05) is 50.7 Å². The number of hydrogen-bond acceptors (Lipinski definition) is 4. The predicted octanol–water partition coefficient (Wildman–Crippen LogP) is 3.86. The van der Waals surface area contributed by atoms with Gasteiger partial charge >= 0.3 is 0 Å². The van der Waals surface area contributed by atoms with Crippen molar-refractivity contribution in [1.29, 1.82) is 0 Å². The molecule has 0 N–H and O–H groups in total. The van der Waals surface area contributed by atoms with E-state index < -0.39 is 0 Å². The number of nitrogens with zero attached hydrogens (tertiary/aromatic N) is 3. The molecule has 0 aliphatic carbocycles. The zero-order valence-corrected chi connectivity index (χ0v) is 14.8. The van der Waals surface area contributed by atoms with E-state index in [2.05, 4.69) is 51.3 Å². The van der Waals surface area contributed by atoms with Gasteiger partial charge in [-0.15, -0.1) is 5.06 Å². The molecule has 0 bridgehead atoms. The molecule has 0 amide bonds. The first kappa shape index (κ1) is 16.8. The Hall–Kier alpha value is -2.69. The van der Waals surface area contributed by atoms with Gasteiger partial charge in [0.05, 0.1) is 0 Å². The van der Waals surface area contributed by atoms with Crippen LogP contribution in [0.15, 0.2) is 79.1 Å². The quantitative estimate of drug-likeness (QED) is 0.702. The van der Waals surface area contributed by atoms with Crippen LogP contribution in [-0.4, -0.2) is 41.1 Å². The lowest BCUT2D eigenvalue weighted by Crippen LogP contribution is -2.47. The lowest BCUT2D eigenvalue weighted by molar-refractivity contribution is -0.0891. The average Bonchev–Trinajstić information content (AvgIpc) is 2.71. The highest BCUT2D eigenvalue weighted by Gasteiger charge is 2.19. The first-order valence-electron chi connectivity index (χ1n) is 9.07. The largest absolute Gasteiger partial charge is 0.405 e. The Morgan fingerprint density at radius 3 is 2.23 bits per heavy atom. The highest BCUT2D eigenvalue weighted by Crippen LogP contribution is 2.30. The maximum Gasteiger partial charge on any atom is 0.155 e. The van der Waals surface area contributed by atoms with E-state index in [1.54, 1.807) is 0 Å². The number of rotatable bonds is 5. The van der Waals surface area contributed by atoms with Crippen molar-refractivity contribution in [1.82, 2.24) is 14.9 Å². The Morgan fingerprint density at radius 2 is 1.46 bits per heavy atom. The van der Waals surface area contributed by atoms with E-state index in [0.717, 1.165) is 49.6 Å². The van der Waals surface area contributed by atoms with Crippen LogP contribution in [0.3, 0.4) is 0 Å². The van der Waals surface area contributed by atoms with Crippen molar-refractivity contribution in [3.63, 3.8) is 0 Å². The van der Waals surface area contributed by atoms with Crippen molar-refractivity contribution in [2.45, 2.75) is 6.54 Å². The maximum absolute atomic E-state index is 6.23. The maximum atomic E-state index is 6.23. The molecule has 3 aromatic rings. The van der Waals surface area contributed by atoms with Crippen LogP contribution in [-0.2, 0) is 6.54 Å². The molecular formula is C22H23N3O. The van der Waals surface area contributed by atoms with Gasteiger partial charge in [-0.2, -0.15) is 0 Å². The van der Waals surface area contributed by atoms with E-state index in [1.165, 1.54) is 5.56 Å². The van der Waals surface area contributed by atoms with Crippen molar-refractivity contribution in [3.05, 3.63) is 84.7 Å². The van der Waals surface area contributed by atoms with Crippen molar-refractivity contribution >= 4 is 0 Å². The highest BCUT2D eigenvalue weighted by molar-refractivity contribution is 5.69. The molecule has 2 heterocycles. The number of hydroxylamine groups is 2. The predicted molar refractivity (Wildman–Crippen MR) is 104 cm³/mol. The fourth-order valence-electron chi connectivity index (χ4n) is 3.28. The first-order valence-corrected chi connectivity index (χ1v) is 9.07. The number of piperazine rings is 1. The molecule has 2 aromatic carbocycles. The molecule has 4 rings (SSSR count). The van der Waals surface area contributed by atoms with Crippen molar-refractivity contribution in [2.24, 2.45) is 0 Å². The summed E-state index contributed by atoms with van der Waals surface area (Å²) in [5.74, 6) is 0.898. The zero-order valence-electron chi connectivity index (χ0n) is 14.8. The third-order valence-corrected chi connectivity index (χ3v) is 4.69. The fraction of sp³-hybridized carbons (Fsp3) is 0.227. The highest BCUT2D eigenvalue weighted by atomic mass is 16.7. The molecule has 0 unspecified atom stereocenters. The molecule has 1 aliphatic heterocycles. The summed E-state index contributed by atoms with van der Waals surface area (Å²) in [6.07, 6.45) is 3.63. The SMILES string of the molecule is c1ccc(CN2CCN(Oc3ccccc3-c3ccncc3)CC2)cc1. The molecular weight excluding hydrogens is 322 g/mol. The van der Waals surface area contributed by atoms with E-state index in [0.29, 0.717) is 0 Å². The summed E-state index contributed by atoms with van der Waals surface area (Å²) in [5.41, 5.74) is 3.59. The van der Waals surface area contributed by atoms with Crippen molar-refractivity contribution in [2.75, 3.05) is 26.2 Å². The average molecular weight is 345 g/mol. The Morgan fingerprint density at radius 1 is 0.769 bits per heavy atom. The standard InChI is InChI=1S/C22H23N3O/c1-2-6-19(7-3-1)18-24-14-16-25(17-15-24)26-22-9-5-4-8-21(22)20-10-12-23-13-11-20/h1-13H,14-18H2. The third kappa shape index (κ3) is 4.10. The van der Waals surface area contributed by atoms with Crippen LogP contribution < -0.4 is 4.84 Å². The summed E-state index contributed by atoms with van der Waals surface area (Å²) < 4.78 is 0. The number of pyridine rings is 1. The monoisotopic (exact) mass is 345 g/mol. The Balaban J connectivity index is 1.38. The molecule has 132 valence electrons. The zero-order chi connectivity index (χ0) is 17.6. The smallest absolute Gasteiger partial charge is 0.155 e. The second-order valence-electron chi connectivity index (χ2n) is 6.51. The van der Waals surface area contributed by atoms with Crippen LogP contribution in [0.2, 0.25) is 0 Å². The third-order valence-electron chi connectivity index (χ3n) is 4.69. The van der Waals surface area contributed by atoms with Crippen LogP contribution in [0.1, 0.15) is 5.56 Å². The molecule has 1 saturated heterocycles. The van der Waals surface area contributed by atoms with E-state index in [4.69, 9.17) is 4.84 Å².